The number of hydrogen-bond donors (Lipinski definition) is 2. The van der Waals surface area contributed by atoms with Gasteiger partial charge in [-0.3, -0.25) is 28.8 Å². The molecule has 0 aromatic rings. The summed E-state index contributed by atoms with van der Waals surface area (Å²) in [5.74, 6) is -2.30. The lowest BCUT2D eigenvalue weighted by Crippen LogP contribution is -2.08. The molecule has 0 heterocycles. The molecule has 366 valence electrons. The Bertz CT molecular complexity index is 887. The van der Waals surface area contributed by atoms with Gasteiger partial charge in [-0.05, 0) is 64.2 Å². The third-order valence-electron chi connectivity index (χ3n) is 10.1. The second kappa shape index (κ2) is 54.0. The first-order valence-corrected chi connectivity index (χ1v) is 25.1. The molecule has 12 nitrogen and oxygen atoms in total. The maximum Gasteiger partial charge on any atom is 0.305 e. The van der Waals surface area contributed by atoms with Crippen LogP contribution in [0.3, 0.4) is 0 Å². The molecule has 0 rings (SSSR count). The van der Waals surface area contributed by atoms with Gasteiger partial charge in [0.25, 0.3) is 0 Å². The summed E-state index contributed by atoms with van der Waals surface area (Å²) in [5.41, 5.74) is 0. The number of rotatable bonds is 43. The minimum atomic E-state index is -0.870. The molecule has 0 fully saturated rings. The van der Waals surface area contributed by atoms with Gasteiger partial charge in [-0.15, -0.1) is 0 Å². The molecule has 12 heteroatoms. The molecular formula is C50H94O12. The van der Waals surface area contributed by atoms with Crippen LogP contribution in [0, 0.1) is 0 Å². The molecule has 0 aliphatic carbocycles. The monoisotopic (exact) mass is 887 g/mol. The van der Waals surface area contributed by atoms with E-state index in [1.807, 2.05) is 0 Å². The van der Waals surface area contributed by atoms with E-state index in [9.17, 15) is 28.8 Å². The highest BCUT2D eigenvalue weighted by atomic mass is 16.5. The zero-order valence-electron chi connectivity index (χ0n) is 40.3. The highest BCUT2D eigenvalue weighted by Crippen LogP contribution is 2.10. The Kier molecular flexibility index (Phi) is 54.9. The number of esters is 4. The van der Waals surface area contributed by atoms with Gasteiger partial charge in [0, 0.05) is 38.5 Å². The predicted octanol–water partition coefficient (Wildman–Crippen LogP) is 13.4. The van der Waals surface area contributed by atoms with Crippen LogP contribution in [0.1, 0.15) is 259 Å². The number of carboxylic acid groups (broad SMARTS) is 2. The van der Waals surface area contributed by atoms with Crippen molar-refractivity contribution in [3.8, 4) is 0 Å². The molecule has 0 atom stereocenters. The Morgan fingerprint density at radius 2 is 0.435 bits per heavy atom. The predicted molar refractivity (Wildman–Crippen MR) is 248 cm³/mol. The van der Waals surface area contributed by atoms with Gasteiger partial charge in [0.15, 0.2) is 0 Å². The van der Waals surface area contributed by atoms with E-state index < -0.39 is 11.9 Å². The van der Waals surface area contributed by atoms with Crippen molar-refractivity contribution in [3.63, 3.8) is 0 Å². The fourth-order valence-electron chi connectivity index (χ4n) is 6.19. The summed E-state index contributed by atoms with van der Waals surface area (Å²) in [6.45, 7) is 11.0. The summed E-state index contributed by atoms with van der Waals surface area (Å²) in [6, 6.07) is 0. The molecule has 0 saturated carbocycles. The third-order valence-corrected chi connectivity index (χ3v) is 10.1. The van der Waals surface area contributed by atoms with Gasteiger partial charge in [0.2, 0.25) is 0 Å². The van der Waals surface area contributed by atoms with Crippen molar-refractivity contribution in [2.24, 2.45) is 0 Å². The zero-order chi connectivity index (χ0) is 46.6. The average molecular weight is 887 g/mol. The van der Waals surface area contributed by atoms with E-state index in [2.05, 4.69) is 27.7 Å². The SMILES string of the molecule is CCCCCCCCOC(=O)CCCCC(=O)OCCCCCCCC.CCCCCCCCOC(=O)CCCCC(=O)OCCCCCCCC.O=C(O)CCCCC(=O)O. The molecular weight excluding hydrogens is 793 g/mol. The molecule has 0 saturated heterocycles. The third kappa shape index (κ3) is 61.1. The van der Waals surface area contributed by atoms with Crippen LogP contribution in [0.2, 0.25) is 0 Å². The van der Waals surface area contributed by atoms with Gasteiger partial charge in [0.05, 0.1) is 26.4 Å². The van der Waals surface area contributed by atoms with E-state index in [1.54, 1.807) is 0 Å². The lowest BCUT2D eigenvalue weighted by Gasteiger charge is -2.06. The van der Waals surface area contributed by atoms with Gasteiger partial charge in [0.1, 0.15) is 0 Å². The standard InChI is InChI=1S/2C22H42O4.C6H10O4/c2*1-3-5-7-9-11-15-19-25-21(23)17-13-14-18-22(24)26-20-16-12-10-8-6-4-2;7-5(8)3-1-2-4-6(9)10/h2*3-20H2,1-2H3;1-4H2,(H,7,8)(H,9,10). The maximum absolute atomic E-state index is 11.6. The van der Waals surface area contributed by atoms with E-state index in [1.165, 1.54) is 103 Å². The van der Waals surface area contributed by atoms with Gasteiger partial charge >= 0.3 is 35.8 Å². The van der Waals surface area contributed by atoms with Crippen LogP contribution in [0.25, 0.3) is 0 Å². The number of carbonyl (C=O) groups excluding carboxylic acids is 4. The van der Waals surface area contributed by atoms with Gasteiger partial charge < -0.3 is 29.2 Å². The Morgan fingerprint density at radius 1 is 0.258 bits per heavy atom. The van der Waals surface area contributed by atoms with Crippen molar-refractivity contribution in [2.45, 2.75) is 259 Å². The highest BCUT2D eigenvalue weighted by molar-refractivity contribution is 5.71. The van der Waals surface area contributed by atoms with Gasteiger partial charge in [-0.25, -0.2) is 0 Å². The van der Waals surface area contributed by atoms with Gasteiger partial charge in [-0.1, -0.05) is 156 Å². The number of hydrogen-bond acceptors (Lipinski definition) is 10. The summed E-state index contributed by atoms with van der Waals surface area (Å²) in [4.78, 5) is 66.2. The molecule has 0 aromatic heterocycles. The minimum Gasteiger partial charge on any atom is -0.481 e. The number of carbonyl (C=O) groups is 6. The Balaban J connectivity index is -0.000000922. The lowest BCUT2D eigenvalue weighted by atomic mass is 10.1. The van der Waals surface area contributed by atoms with Crippen LogP contribution in [-0.4, -0.2) is 72.5 Å². The van der Waals surface area contributed by atoms with E-state index in [-0.39, 0.29) is 36.7 Å². The first-order chi connectivity index (χ1) is 30.0. The maximum atomic E-state index is 11.6. The first-order valence-electron chi connectivity index (χ1n) is 25.1. The number of aliphatic carboxylic acids is 2. The van der Waals surface area contributed by atoms with Crippen LogP contribution in [0.15, 0.2) is 0 Å². The first kappa shape index (κ1) is 63.1. The fraction of sp³-hybridized carbons (Fsp3) is 0.880. The molecule has 0 unspecified atom stereocenters. The largest absolute Gasteiger partial charge is 0.481 e. The Hall–Kier alpha value is -3.18. The van der Waals surface area contributed by atoms with Crippen LogP contribution in [0.5, 0.6) is 0 Å². The van der Waals surface area contributed by atoms with Crippen molar-refractivity contribution < 1.29 is 57.9 Å². The quantitative estimate of drug-likeness (QED) is 0.0336. The van der Waals surface area contributed by atoms with Crippen molar-refractivity contribution >= 4 is 35.8 Å². The van der Waals surface area contributed by atoms with E-state index in [0.717, 1.165) is 51.4 Å². The van der Waals surface area contributed by atoms with Crippen molar-refractivity contribution in [1.29, 1.82) is 0 Å². The average Bonchev–Trinajstić information content (AvgIpc) is 3.24. The van der Waals surface area contributed by atoms with E-state index in [0.29, 0.717) is 90.6 Å². The van der Waals surface area contributed by atoms with Crippen LogP contribution >= 0.6 is 0 Å². The molecule has 0 radical (unpaired) electrons. The molecule has 0 aromatic carbocycles. The van der Waals surface area contributed by atoms with Crippen LogP contribution in [0.4, 0.5) is 0 Å². The van der Waals surface area contributed by atoms with Crippen molar-refractivity contribution in [1.82, 2.24) is 0 Å². The smallest absolute Gasteiger partial charge is 0.305 e. The Labute approximate surface area is 378 Å². The van der Waals surface area contributed by atoms with E-state index in [4.69, 9.17) is 29.2 Å². The molecule has 0 amide bonds. The Morgan fingerprint density at radius 3 is 0.629 bits per heavy atom. The summed E-state index contributed by atoms with van der Waals surface area (Å²) in [6.07, 6.45) is 34.0. The number of unbranched alkanes of at least 4 members (excludes halogenated alkanes) is 23. The molecule has 2 N–H and O–H groups in total. The molecule has 62 heavy (non-hydrogen) atoms. The summed E-state index contributed by atoms with van der Waals surface area (Å²) in [7, 11) is 0. The normalized spacial score (nSPS) is 10.5. The topological polar surface area (TPSA) is 180 Å². The minimum absolute atomic E-state index is 0.0628. The highest BCUT2D eigenvalue weighted by Gasteiger charge is 2.08. The summed E-state index contributed by atoms with van der Waals surface area (Å²) < 4.78 is 20.9. The molecule has 0 spiro atoms. The van der Waals surface area contributed by atoms with Gasteiger partial charge in [-0.2, -0.15) is 0 Å². The summed E-state index contributed by atoms with van der Waals surface area (Å²) >= 11 is 0. The molecule has 0 aliphatic heterocycles. The van der Waals surface area contributed by atoms with E-state index >= 15 is 0 Å². The second-order valence-electron chi connectivity index (χ2n) is 16.4. The van der Waals surface area contributed by atoms with Crippen molar-refractivity contribution in [2.75, 3.05) is 26.4 Å². The summed E-state index contributed by atoms with van der Waals surface area (Å²) in [5, 5.41) is 16.3. The molecule has 0 bridgehead atoms. The number of carboxylic acids is 2. The van der Waals surface area contributed by atoms with Crippen molar-refractivity contribution in [3.05, 3.63) is 0 Å². The number of ether oxygens (including phenoxy) is 4. The zero-order valence-corrected chi connectivity index (χ0v) is 40.3. The lowest BCUT2D eigenvalue weighted by molar-refractivity contribution is -0.146. The molecule has 0 aliphatic rings. The van der Waals surface area contributed by atoms with Crippen LogP contribution in [-0.2, 0) is 47.7 Å². The fourth-order valence-corrected chi connectivity index (χ4v) is 6.19. The van der Waals surface area contributed by atoms with Crippen LogP contribution < -0.4 is 0 Å². The second-order valence-corrected chi connectivity index (χ2v) is 16.4.